The van der Waals surface area contributed by atoms with Crippen LogP contribution in [0.2, 0.25) is 0 Å². The molecule has 0 spiro atoms. The maximum atomic E-state index is 12.7. The van der Waals surface area contributed by atoms with Gasteiger partial charge in [0.15, 0.2) is 0 Å². The SMILES string of the molecule is Cc1ccc(S(=O)(=O)Nc2c(C)cccc2C2C=CCC2)cc1. The van der Waals surface area contributed by atoms with Crippen molar-refractivity contribution in [3.63, 3.8) is 0 Å². The molecule has 0 fully saturated rings. The molecule has 0 radical (unpaired) electrons. The number of anilines is 1. The molecule has 120 valence electrons. The number of allylic oxidation sites excluding steroid dienone is 2. The molecule has 4 heteroatoms. The van der Waals surface area contributed by atoms with E-state index in [4.69, 9.17) is 0 Å². The molecule has 3 rings (SSSR count). The summed E-state index contributed by atoms with van der Waals surface area (Å²) in [4.78, 5) is 0.291. The van der Waals surface area contributed by atoms with Gasteiger partial charge in [0.2, 0.25) is 0 Å². The molecule has 1 aliphatic rings. The van der Waals surface area contributed by atoms with Crippen molar-refractivity contribution in [1.29, 1.82) is 0 Å². The maximum Gasteiger partial charge on any atom is 0.261 e. The van der Waals surface area contributed by atoms with Crippen LogP contribution in [0.3, 0.4) is 0 Å². The molecule has 23 heavy (non-hydrogen) atoms. The summed E-state index contributed by atoms with van der Waals surface area (Å²) in [6.07, 6.45) is 6.40. The summed E-state index contributed by atoms with van der Waals surface area (Å²) in [6.45, 7) is 3.88. The Bertz CT molecular complexity index is 836. The van der Waals surface area contributed by atoms with Crippen molar-refractivity contribution in [1.82, 2.24) is 0 Å². The van der Waals surface area contributed by atoms with Crippen molar-refractivity contribution in [2.45, 2.75) is 37.5 Å². The van der Waals surface area contributed by atoms with Crippen LogP contribution < -0.4 is 4.72 Å². The van der Waals surface area contributed by atoms with Crippen LogP contribution in [-0.2, 0) is 10.0 Å². The van der Waals surface area contributed by atoms with E-state index in [9.17, 15) is 8.42 Å². The van der Waals surface area contributed by atoms with Gasteiger partial charge in [-0.15, -0.1) is 0 Å². The lowest BCUT2D eigenvalue weighted by Crippen LogP contribution is -2.15. The standard InChI is InChI=1S/C19H21NO2S/c1-14-10-12-17(13-11-14)23(21,22)20-19-15(2)6-5-9-18(19)16-7-3-4-8-16/h3,5-7,9-13,16,20H,4,8H2,1-2H3. The molecule has 2 aromatic rings. The monoisotopic (exact) mass is 327 g/mol. The summed E-state index contributed by atoms with van der Waals surface area (Å²) < 4.78 is 28.2. The molecule has 1 atom stereocenters. The average molecular weight is 327 g/mol. The number of hydrogen-bond acceptors (Lipinski definition) is 2. The Hall–Kier alpha value is -2.07. The normalized spacial score (nSPS) is 17.4. The van der Waals surface area contributed by atoms with Crippen molar-refractivity contribution < 1.29 is 8.42 Å². The zero-order chi connectivity index (χ0) is 16.4. The van der Waals surface area contributed by atoms with Gasteiger partial charge in [0.1, 0.15) is 0 Å². The highest BCUT2D eigenvalue weighted by molar-refractivity contribution is 7.92. The van der Waals surface area contributed by atoms with Gasteiger partial charge in [-0.05, 0) is 49.9 Å². The zero-order valence-corrected chi connectivity index (χ0v) is 14.2. The van der Waals surface area contributed by atoms with Crippen LogP contribution in [-0.4, -0.2) is 8.42 Å². The molecule has 0 aromatic heterocycles. The molecule has 0 saturated heterocycles. The second-order valence-corrected chi connectivity index (χ2v) is 7.75. The molecule has 0 amide bonds. The molecular formula is C19H21NO2S. The van der Waals surface area contributed by atoms with E-state index in [2.05, 4.69) is 16.9 Å². The van der Waals surface area contributed by atoms with Gasteiger partial charge in [-0.1, -0.05) is 48.0 Å². The quantitative estimate of drug-likeness (QED) is 0.838. The minimum absolute atomic E-state index is 0.283. The Morgan fingerprint density at radius 2 is 1.78 bits per heavy atom. The molecule has 0 bridgehead atoms. The first-order valence-electron chi connectivity index (χ1n) is 7.83. The number of sulfonamides is 1. The number of benzene rings is 2. The topological polar surface area (TPSA) is 46.2 Å². The first-order chi connectivity index (χ1) is 11.0. The minimum Gasteiger partial charge on any atom is -0.279 e. The highest BCUT2D eigenvalue weighted by atomic mass is 32.2. The average Bonchev–Trinajstić information content (AvgIpc) is 3.04. The van der Waals surface area contributed by atoms with E-state index < -0.39 is 10.0 Å². The largest absolute Gasteiger partial charge is 0.279 e. The van der Waals surface area contributed by atoms with E-state index >= 15 is 0 Å². The summed E-state index contributed by atoms with van der Waals surface area (Å²) in [5.74, 6) is 0.283. The third-order valence-electron chi connectivity index (χ3n) is 4.28. The van der Waals surface area contributed by atoms with Gasteiger partial charge in [-0.2, -0.15) is 0 Å². The fourth-order valence-electron chi connectivity index (χ4n) is 2.94. The first kappa shape index (κ1) is 15.8. The Morgan fingerprint density at radius 3 is 2.43 bits per heavy atom. The predicted octanol–water partition coefficient (Wildman–Crippen LogP) is 4.54. The van der Waals surface area contributed by atoms with Crippen molar-refractivity contribution in [3.8, 4) is 0 Å². The van der Waals surface area contributed by atoms with Gasteiger partial charge in [-0.25, -0.2) is 8.42 Å². The van der Waals surface area contributed by atoms with E-state index in [0.29, 0.717) is 10.6 Å². The van der Waals surface area contributed by atoms with Crippen molar-refractivity contribution >= 4 is 15.7 Å². The van der Waals surface area contributed by atoms with Crippen LogP contribution in [0.5, 0.6) is 0 Å². The lowest BCUT2D eigenvalue weighted by molar-refractivity contribution is 0.601. The number of para-hydroxylation sites is 1. The highest BCUT2D eigenvalue weighted by Crippen LogP contribution is 2.35. The number of rotatable bonds is 4. The van der Waals surface area contributed by atoms with Gasteiger partial charge in [0.25, 0.3) is 10.0 Å². The van der Waals surface area contributed by atoms with Crippen LogP contribution >= 0.6 is 0 Å². The van der Waals surface area contributed by atoms with Crippen LogP contribution in [0, 0.1) is 13.8 Å². The lowest BCUT2D eigenvalue weighted by atomic mass is 9.95. The van der Waals surface area contributed by atoms with Crippen LogP contribution in [0.15, 0.2) is 59.5 Å². The number of hydrogen-bond donors (Lipinski definition) is 1. The summed E-state index contributed by atoms with van der Waals surface area (Å²) >= 11 is 0. The second kappa shape index (κ2) is 6.20. The molecule has 3 nitrogen and oxygen atoms in total. The zero-order valence-electron chi connectivity index (χ0n) is 13.4. The molecule has 1 N–H and O–H groups in total. The molecule has 1 aliphatic carbocycles. The fourth-order valence-corrected chi connectivity index (χ4v) is 4.10. The first-order valence-corrected chi connectivity index (χ1v) is 9.31. The molecule has 0 aliphatic heterocycles. The van der Waals surface area contributed by atoms with E-state index in [0.717, 1.165) is 29.5 Å². The summed E-state index contributed by atoms with van der Waals surface area (Å²) in [7, 11) is -3.58. The fraction of sp³-hybridized carbons (Fsp3) is 0.263. The van der Waals surface area contributed by atoms with Gasteiger partial charge in [0.05, 0.1) is 10.6 Å². The Balaban J connectivity index is 1.99. The van der Waals surface area contributed by atoms with E-state index in [1.54, 1.807) is 12.1 Å². The highest BCUT2D eigenvalue weighted by Gasteiger charge is 2.21. The molecule has 0 saturated carbocycles. The molecule has 0 heterocycles. The summed E-state index contributed by atoms with van der Waals surface area (Å²) in [6, 6.07) is 12.9. The number of aryl methyl sites for hydroxylation is 2. The van der Waals surface area contributed by atoms with Gasteiger partial charge in [-0.3, -0.25) is 4.72 Å². The summed E-state index contributed by atoms with van der Waals surface area (Å²) in [5.41, 5.74) is 3.74. The third-order valence-corrected chi connectivity index (χ3v) is 5.65. The van der Waals surface area contributed by atoms with Crippen molar-refractivity contribution in [2.24, 2.45) is 0 Å². The van der Waals surface area contributed by atoms with Gasteiger partial charge < -0.3 is 0 Å². The van der Waals surface area contributed by atoms with Crippen molar-refractivity contribution in [3.05, 3.63) is 71.3 Å². The lowest BCUT2D eigenvalue weighted by Gasteiger charge is -2.18. The van der Waals surface area contributed by atoms with Crippen LogP contribution in [0.25, 0.3) is 0 Å². The van der Waals surface area contributed by atoms with E-state index in [1.807, 2.05) is 44.2 Å². The number of nitrogens with one attached hydrogen (secondary N) is 1. The minimum atomic E-state index is -3.58. The van der Waals surface area contributed by atoms with Crippen LogP contribution in [0.4, 0.5) is 5.69 Å². The summed E-state index contributed by atoms with van der Waals surface area (Å²) in [5, 5.41) is 0. The predicted molar refractivity (Wildman–Crippen MR) is 94.3 cm³/mol. The van der Waals surface area contributed by atoms with Crippen molar-refractivity contribution in [2.75, 3.05) is 4.72 Å². The Labute approximate surface area is 138 Å². The Kier molecular flexibility index (Phi) is 4.26. The van der Waals surface area contributed by atoms with E-state index in [1.165, 1.54) is 0 Å². The molecule has 1 unspecified atom stereocenters. The van der Waals surface area contributed by atoms with E-state index in [-0.39, 0.29) is 5.92 Å². The second-order valence-electron chi connectivity index (χ2n) is 6.07. The Morgan fingerprint density at radius 1 is 1.04 bits per heavy atom. The van der Waals surface area contributed by atoms with Gasteiger partial charge in [0, 0.05) is 5.92 Å². The maximum absolute atomic E-state index is 12.7. The molecule has 2 aromatic carbocycles. The smallest absolute Gasteiger partial charge is 0.261 e. The van der Waals surface area contributed by atoms with Crippen LogP contribution in [0.1, 0.15) is 35.4 Å². The third kappa shape index (κ3) is 3.32. The van der Waals surface area contributed by atoms with Gasteiger partial charge >= 0.3 is 0 Å². The molecular weight excluding hydrogens is 306 g/mol.